The molecule has 1 unspecified atom stereocenters. The molecule has 1 fully saturated rings. The molecule has 0 saturated carbocycles. The molecule has 0 aliphatic carbocycles. The second-order valence-electron chi connectivity index (χ2n) is 9.95. The number of carbonyl (C=O) groups excluding carboxylic acids is 4. The van der Waals surface area contributed by atoms with Crippen LogP contribution in [0.5, 0.6) is 0 Å². The highest BCUT2D eigenvalue weighted by molar-refractivity contribution is 8.00. The first-order valence-corrected chi connectivity index (χ1v) is 14.7. The monoisotopic (exact) mass is 635 g/mol. The van der Waals surface area contributed by atoms with E-state index in [4.69, 9.17) is 22.1 Å². The van der Waals surface area contributed by atoms with Crippen molar-refractivity contribution in [2.75, 3.05) is 17.2 Å². The van der Waals surface area contributed by atoms with Crippen molar-refractivity contribution >= 4 is 58.4 Å². The molecule has 4 aromatic rings. The number of ketones is 1. The number of rotatable bonds is 8. The van der Waals surface area contributed by atoms with E-state index >= 15 is 0 Å². The largest absolute Gasteiger partial charge is 0.454 e. The summed E-state index contributed by atoms with van der Waals surface area (Å²) in [6, 6.07) is 23.1. The average Bonchev–Trinajstić information content (AvgIpc) is 3.31. The number of imide groups is 1. The van der Waals surface area contributed by atoms with Gasteiger partial charge in [-0.05, 0) is 61.0 Å². The molecule has 2 amide bonds. The Morgan fingerprint density at radius 3 is 2.22 bits per heavy atom. The van der Waals surface area contributed by atoms with Gasteiger partial charge in [0.25, 0.3) is 0 Å². The van der Waals surface area contributed by atoms with Crippen molar-refractivity contribution in [2.45, 2.75) is 23.6 Å². The quantitative estimate of drug-likeness (QED) is 0.148. The molecule has 1 aromatic heterocycles. The lowest BCUT2D eigenvalue weighted by Gasteiger charge is -2.16. The van der Waals surface area contributed by atoms with E-state index in [2.05, 4.69) is 11.1 Å². The lowest BCUT2D eigenvalue weighted by atomic mass is 9.96. The van der Waals surface area contributed by atoms with Gasteiger partial charge in [-0.2, -0.15) is 10.5 Å². The van der Waals surface area contributed by atoms with Gasteiger partial charge in [-0.1, -0.05) is 53.2 Å². The van der Waals surface area contributed by atoms with Gasteiger partial charge in [-0.15, -0.1) is 0 Å². The van der Waals surface area contributed by atoms with Crippen LogP contribution in [0.1, 0.15) is 43.8 Å². The van der Waals surface area contributed by atoms with E-state index in [-0.39, 0.29) is 39.6 Å². The molecule has 45 heavy (non-hydrogen) atoms. The number of carbonyl (C=O) groups is 4. The van der Waals surface area contributed by atoms with Gasteiger partial charge in [0.2, 0.25) is 11.8 Å². The Balaban J connectivity index is 1.32. The number of nitriles is 2. The Morgan fingerprint density at radius 1 is 0.978 bits per heavy atom. The van der Waals surface area contributed by atoms with Gasteiger partial charge in [0, 0.05) is 22.6 Å². The van der Waals surface area contributed by atoms with Gasteiger partial charge in [-0.25, -0.2) is 14.7 Å². The number of amides is 2. The van der Waals surface area contributed by atoms with Crippen molar-refractivity contribution < 1.29 is 23.9 Å². The summed E-state index contributed by atoms with van der Waals surface area (Å²) < 4.78 is 5.12. The number of hydrogen-bond donors (Lipinski definition) is 1. The maximum atomic E-state index is 13.4. The summed E-state index contributed by atoms with van der Waals surface area (Å²) in [5, 5.41) is 19.5. The van der Waals surface area contributed by atoms with Crippen molar-refractivity contribution in [1.82, 2.24) is 4.98 Å². The topological polar surface area (TPSA) is 167 Å². The van der Waals surface area contributed by atoms with Crippen LogP contribution in [0.15, 0.2) is 77.8 Å². The van der Waals surface area contributed by atoms with Crippen molar-refractivity contribution in [3.63, 3.8) is 0 Å². The zero-order valence-electron chi connectivity index (χ0n) is 23.6. The minimum Gasteiger partial charge on any atom is -0.454 e. The molecular weight excluding hydrogens is 614 g/mol. The number of hydrogen-bond acceptors (Lipinski definition) is 10. The number of aryl methyl sites for hydroxylation is 1. The third-order valence-corrected chi connectivity index (χ3v) is 8.40. The van der Waals surface area contributed by atoms with Gasteiger partial charge in [0.15, 0.2) is 12.4 Å². The summed E-state index contributed by atoms with van der Waals surface area (Å²) in [7, 11) is 0. The Morgan fingerprint density at radius 2 is 1.60 bits per heavy atom. The molecule has 1 aliphatic rings. The molecule has 0 spiro atoms. The van der Waals surface area contributed by atoms with Gasteiger partial charge in [-0.3, -0.25) is 14.4 Å². The Bertz CT molecular complexity index is 1930. The van der Waals surface area contributed by atoms with E-state index in [1.807, 2.05) is 25.1 Å². The van der Waals surface area contributed by atoms with Gasteiger partial charge in [0.1, 0.15) is 28.5 Å². The molecule has 1 atom stereocenters. The van der Waals surface area contributed by atoms with Crippen LogP contribution in [0.4, 0.5) is 11.5 Å². The number of nitrogens with two attached hydrogens (primary N) is 1. The zero-order valence-corrected chi connectivity index (χ0v) is 25.2. The third-order valence-electron chi connectivity index (χ3n) is 6.98. The number of anilines is 2. The molecule has 222 valence electrons. The van der Waals surface area contributed by atoms with Gasteiger partial charge >= 0.3 is 5.97 Å². The Hall–Kier alpha value is -5.49. The van der Waals surface area contributed by atoms with Crippen LogP contribution in [-0.2, 0) is 14.3 Å². The number of ether oxygens (including phenoxy) is 1. The lowest BCUT2D eigenvalue weighted by Crippen LogP contribution is -2.31. The number of esters is 1. The predicted molar refractivity (Wildman–Crippen MR) is 168 cm³/mol. The second-order valence-corrected chi connectivity index (χ2v) is 11.6. The van der Waals surface area contributed by atoms with Crippen molar-refractivity contribution in [3.05, 3.63) is 106 Å². The highest BCUT2D eigenvalue weighted by Gasteiger charge is 2.41. The highest BCUT2D eigenvalue weighted by atomic mass is 35.5. The van der Waals surface area contributed by atoms with Crippen LogP contribution in [-0.4, -0.2) is 40.4 Å². The zero-order chi connectivity index (χ0) is 32.2. The van der Waals surface area contributed by atoms with Crippen molar-refractivity contribution in [1.29, 1.82) is 10.5 Å². The summed E-state index contributed by atoms with van der Waals surface area (Å²) in [6.45, 7) is 1.43. The molecule has 1 saturated heterocycles. The number of benzene rings is 3. The standard InChI is InChI=1S/C33H22ClN5O5S/c1-18-2-4-20(5-3-18)29-24(15-35)30(37)38-31(25(29)16-36)45-27-14-28(41)39(32(27)42)23-12-8-21(9-13-23)33(43)44-17-26(40)19-6-10-22(34)11-7-19/h2-13,27H,14,17H2,1H3,(H2,37,38). The van der Waals surface area contributed by atoms with Crippen LogP contribution in [0.25, 0.3) is 11.1 Å². The summed E-state index contributed by atoms with van der Waals surface area (Å²) in [5.41, 5.74) is 8.80. The number of aromatic nitrogens is 1. The van der Waals surface area contributed by atoms with E-state index in [0.29, 0.717) is 21.7 Å². The maximum absolute atomic E-state index is 13.4. The Labute approximate surface area is 267 Å². The van der Waals surface area contributed by atoms with Gasteiger partial charge < -0.3 is 10.5 Å². The molecule has 1 aliphatic heterocycles. The molecule has 0 radical (unpaired) electrons. The maximum Gasteiger partial charge on any atom is 0.338 e. The average molecular weight is 636 g/mol. The fourth-order valence-electron chi connectivity index (χ4n) is 4.67. The van der Waals surface area contributed by atoms with Crippen LogP contribution < -0.4 is 10.6 Å². The van der Waals surface area contributed by atoms with Gasteiger partial charge in [0.05, 0.1) is 22.1 Å². The molecule has 5 rings (SSSR count). The summed E-state index contributed by atoms with van der Waals surface area (Å²) in [5.74, 6) is -2.29. The summed E-state index contributed by atoms with van der Waals surface area (Å²) in [6.07, 6.45) is -0.174. The molecule has 10 nitrogen and oxygen atoms in total. The summed E-state index contributed by atoms with van der Waals surface area (Å²) in [4.78, 5) is 56.5. The van der Waals surface area contributed by atoms with Crippen LogP contribution in [0.2, 0.25) is 5.02 Å². The predicted octanol–water partition coefficient (Wildman–Crippen LogP) is 5.50. The van der Waals surface area contributed by atoms with Crippen LogP contribution in [0, 0.1) is 29.6 Å². The lowest BCUT2D eigenvalue weighted by molar-refractivity contribution is -0.121. The van der Waals surface area contributed by atoms with E-state index in [1.54, 1.807) is 24.3 Å². The number of thioether (sulfide) groups is 1. The summed E-state index contributed by atoms with van der Waals surface area (Å²) >= 11 is 6.76. The van der Waals surface area contributed by atoms with Crippen LogP contribution in [0.3, 0.4) is 0 Å². The molecule has 2 N–H and O–H groups in total. The van der Waals surface area contributed by atoms with E-state index < -0.39 is 35.4 Å². The first kappa shape index (κ1) is 31.0. The first-order valence-electron chi connectivity index (χ1n) is 13.4. The van der Waals surface area contributed by atoms with E-state index in [9.17, 15) is 29.7 Å². The minimum atomic E-state index is -0.918. The Kier molecular flexibility index (Phi) is 8.96. The molecule has 0 bridgehead atoms. The molecule has 3 aromatic carbocycles. The smallest absolute Gasteiger partial charge is 0.338 e. The minimum absolute atomic E-state index is 0.0446. The first-order chi connectivity index (χ1) is 21.6. The van der Waals surface area contributed by atoms with E-state index in [0.717, 1.165) is 22.2 Å². The fraction of sp³-hybridized carbons (Fsp3) is 0.121. The molecular formula is C33H22ClN5O5S. The van der Waals surface area contributed by atoms with Crippen molar-refractivity contribution in [2.24, 2.45) is 0 Å². The van der Waals surface area contributed by atoms with Crippen molar-refractivity contribution in [3.8, 4) is 23.3 Å². The second kappa shape index (κ2) is 13.0. The van der Waals surface area contributed by atoms with E-state index in [1.165, 1.54) is 36.4 Å². The highest BCUT2D eigenvalue weighted by Crippen LogP contribution is 2.40. The molecule has 12 heteroatoms. The normalized spacial score (nSPS) is 14.1. The third kappa shape index (κ3) is 6.41. The SMILES string of the molecule is Cc1ccc(-c2c(C#N)c(N)nc(SC3CC(=O)N(c4ccc(C(=O)OCC(=O)c5ccc(Cl)cc5)cc4)C3=O)c2C#N)cc1. The number of halogens is 1. The number of Topliss-reactive ketones (excluding diaryl/α,β-unsaturated/α-hetero) is 1. The number of nitrogen functional groups attached to an aromatic ring is 1. The fourth-order valence-corrected chi connectivity index (χ4v) is 5.92. The number of pyridine rings is 1. The number of nitrogens with zero attached hydrogens (tertiary/aromatic N) is 4. The molecule has 2 heterocycles. The van der Waals surface area contributed by atoms with Crippen LogP contribution >= 0.6 is 23.4 Å².